The van der Waals surface area contributed by atoms with E-state index in [1.807, 2.05) is 0 Å². The molecule has 0 radical (unpaired) electrons. The lowest BCUT2D eigenvalue weighted by Crippen LogP contribution is -2.13. The van der Waals surface area contributed by atoms with Crippen molar-refractivity contribution in [2.45, 2.75) is 12.6 Å². The molecular formula is C7H4F5N3O2. The van der Waals surface area contributed by atoms with E-state index in [1.54, 1.807) is 0 Å². The molecule has 0 atom stereocenters. The zero-order chi connectivity index (χ0) is 13.4. The molecule has 17 heavy (non-hydrogen) atoms. The van der Waals surface area contributed by atoms with E-state index >= 15 is 0 Å². The Balaban J connectivity index is 3.53. The number of halogens is 5. The number of nitrogens with two attached hydrogens (primary N) is 1. The van der Waals surface area contributed by atoms with Crippen molar-refractivity contribution in [2.75, 3.05) is 5.73 Å². The number of pyridine rings is 1. The Morgan fingerprint density at radius 2 is 1.94 bits per heavy atom. The Morgan fingerprint density at radius 3 is 2.29 bits per heavy atom. The van der Waals surface area contributed by atoms with Crippen molar-refractivity contribution in [1.29, 1.82) is 0 Å². The molecule has 0 amide bonds. The van der Waals surface area contributed by atoms with Gasteiger partial charge in [-0.3, -0.25) is 10.1 Å². The Morgan fingerprint density at radius 1 is 1.41 bits per heavy atom. The summed E-state index contributed by atoms with van der Waals surface area (Å²) in [5, 5.41) is 10.4. The molecule has 0 saturated heterocycles. The maximum atomic E-state index is 12.4. The number of rotatable bonds is 2. The van der Waals surface area contributed by atoms with E-state index in [1.165, 1.54) is 0 Å². The average Bonchev–Trinajstić information content (AvgIpc) is 2.13. The largest absolute Gasteiger partial charge is 0.433 e. The number of anilines is 1. The molecule has 1 aromatic rings. The second-order valence-electron chi connectivity index (χ2n) is 2.88. The molecule has 1 aromatic heterocycles. The number of alkyl halides is 5. The first kappa shape index (κ1) is 13.1. The third-order valence-electron chi connectivity index (χ3n) is 1.77. The van der Waals surface area contributed by atoms with Crippen LogP contribution in [0.1, 0.15) is 17.7 Å². The van der Waals surface area contributed by atoms with E-state index in [0.29, 0.717) is 0 Å². The fourth-order valence-corrected chi connectivity index (χ4v) is 1.08. The van der Waals surface area contributed by atoms with Gasteiger partial charge in [-0.25, -0.2) is 13.8 Å². The van der Waals surface area contributed by atoms with Crippen LogP contribution in [0.3, 0.4) is 0 Å². The molecule has 2 N–H and O–H groups in total. The lowest BCUT2D eigenvalue weighted by Gasteiger charge is -2.09. The van der Waals surface area contributed by atoms with Gasteiger partial charge in [-0.05, 0) is 0 Å². The van der Waals surface area contributed by atoms with Gasteiger partial charge in [-0.1, -0.05) is 0 Å². The molecule has 0 bridgehead atoms. The molecule has 10 heteroatoms. The van der Waals surface area contributed by atoms with Crippen molar-refractivity contribution >= 4 is 11.5 Å². The van der Waals surface area contributed by atoms with Gasteiger partial charge in [-0.2, -0.15) is 13.2 Å². The molecule has 0 aliphatic heterocycles. The number of nitrogens with zero attached hydrogens (tertiary/aromatic N) is 2. The van der Waals surface area contributed by atoms with Crippen molar-refractivity contribution in [2.24, 2.45) is 0 Å². The van der Waals surface area contributed by atoms with E-state index in [0.717, 1.165) is 0 Å². The summed E-state index contributed by atoms with van der Waals surface area (Å²) in [4.78, 5) is 11.7. The van der Waals surface area contributed by atoms with Crippen molar-refractivity contribution in [3.63, 3.8) is 0 Å². The highest BCUT2D eigenvalue weighted by molar-refractivity contribution is 5.55. The van der Waals surface area contributed by atoms with Gasteiger partial charge in [-0.15, -0.1) is 0 Å². The van der Waals surface area contributed by atoms with E-state index in [4.69, 9.17) is 5.73 Å². The first-order chi connectivity index (χ1) is 7.64. The topological polar surface area (TPSA) is 82.0 Å². The molecule has 0 aromatic carbocycles. The SMILES string of the molecule is Nc1nc(C(F)(F)F)cc([N+](=O)[O-])c1C(F)F. The number of hydrogen-bond acceptors (Lipinski definition) is 4. The van der Waals surface area contributed by atoms with E-state index in [9.17, 15) is 32.1 Å². The summed E-state index contributed by atoms with van der Waals surface area (Å²) < 4.78 is 61.4. The summed E-state index contributed by atoms with van der Waals surface area (Å²) in [5.41, 5.74) is 0.454. The van der Waals surface area contributed by atoms with Gasteiger partial charge in [0.25, 0.3) is 12.1 Å². The monoisotopic (exact) mass is 257 g/mol. The highest BCUT2D eigenvalue weighted by Crippen LogP contribution is 2.37. The second-order valence-corrected chi connectivity index (χ2v) is 2.88. The lowest BCUT2D eigenvalue weighted by molar-refractivity contribution is -0.386. The third-order valence-corrected chi connectivity index (χ3v) is 1.77. The van der Waals surface area contributed by atoms with Gasteiger partial charge in [0.05, 0.1) is 4.92 Å². The maximum Gasteiger partial charge on any atom is 0.433 e. The summed E-state index contributed by atoms with van der Waals surface area (Å²) in [6.45, 7) is 0. The average molecular weight is 257 g/mol. The highest BCUT2D eigenvalue weighted by Gasteiger charge is 2.37. The first-order valence-electron chi connectivity index (χ1n) is 3.94. The Labute approximate surface area is 90.2 Å². The highest BCUT2D eigenvalue weighted by atomic mass is 19.4. The molecule has 0 fully saturated rings. The minimum Gasteiger partial charge on any atom is -0.383 e. The fourth-order valence-electron chi connectivity index (χ4n) is 1.08. The van der Waals surface area contributed by atoms with Gasteiger partial charge in [0.1, 0.15) is 11.4 Å². The smallest absolute Gasteiger partial charge is 0.383 e. The van der Waals surface area contributed by atoms with Crippen LogP contribution in [0.2, 0.25) is 0 Å². The minimum atomic E-state index is -5.00. The van der Waals surface area contributed by atoms with Gasteiger partial charge in [0.15, 0.2) is 5.69 Å². The molecule has 0 saturated carbocycles. The van der Waals surface area contributed by atoms with Crippen molar-refractivity contribution in [3.8, 4) is 0 Å². The number of aromatic nitrogens is 1. The van der Waals surface area contributed by atoms with Crippen molar-refractivity contribution in [3.05, 3.63) is 27.4 Å². The Kier molecular flexibility index (Phi) is 3.16. The number of nitro groups is 1. The predicted molar refractivity (Wildman–Crippen MR) is 45.3 cm³/mol. The minimum absolute atomic E-state index is 0.0716. The third kappa shape index (κ3) is 2.57. The van der Waals surface area contributed by atoms with Crippen molar-refractivity contribution in [1.82, 2.24) is 4.98 Å². The quantitative estimate of drug-likeness (QED) is 0.501. The van der Waals surface area contributed by atoms with Crippen molar-refractivity contribution < 1.29 is 26.9 Å². The fraction of sp³-hybridized carbons (Fsp3) is 0.286. The van der Waals surface area contributed by atoms with Crippen LogP contribution in [0, 0.1) is 10.1 Å². The Bertz CT molecular complexity index is 460. The molecule has 5 nitrogen and oxygen atoms in total. The van der Waals surface area contributed by atoms with Crippen LogP contribution in [-0.2, 0) is 6.18 Å². The standard InChI is InChI=1S/C7H4F5N3O2/c8-5(9)4-2(15(16)17)1-3(7(10,11)12)14-6(4)13/h1,5H,(H2,13,14). The normalized spacial score (nSPS) is 11.9. The summed E-state index contributed by atoms with van der Waals surface area (Å²) in [5.74, 6) is -1.21. The molecular weight excluding hydrogens is 253 g/mol. The van der Waals surface area contributed by atoms with Crippen LogP contribution in [0.25, 0.3) is 0 Å². The summed E-state index contributed by atoms with van der Waals surface area (Å²) in [7, 11) is 0. The van der Waals surface area contributed by atoms with E-state index in [2.05, 4.69) is 4.98 Å². The first-order valence-corrected chi connectivity index (χ1v) is 3.94. The van der Waals surface area contributed by atoms with Gasteiger partial charge in [0, 0.05) is 6.07 Å². The predicted octanol–water partition coefficient (Wildman–Crippen LogP) is 2.53. The molecule has 1 rings (SSSR count). The Hall–Kier alpha value is -2.00. The second kappa shape index (κ2) is 4.11. The van der Waals surface area contributed by atoms with Gasteiger partial charge in [0.2, 0.25) is 0 Å². The van der Waals surface area contributed by atoms with Gasteiger partial charge < -0.3 is 5.73 Å². The van der Waals surface area contributed by atoms with E-state index in [-0.39, 0.29) is 6.07 Å². The molecule has 94 valence electrons. The maximum absolute atomic E-state index is 12.4. The van der Waals surface area contributed by atoms with Crippen LogP contribution in [0.15, 0.2) is 6.07 Å². The van der Waals surface area contributed by atoms with Crippen LogP contribution in [0.5, 0.6) is 0 Å². The van der Waals surface area contributed by atoms with Crippen LogP contribution < -0.4 is 5.73 Å². The molecule has 0 aliphatic carbocycles. The molecule has 1 heterocycles. The van der Waals surface area contributed by atoms with Crippen LogP contribution in [-0.4, -0.2) is 9.91 Å². The lowest BCUT2D eigenvalue weighted by atomic mass is 10.2. The summed E-state index contributed by atoms with van der Waals surface area (Å²) in [6.07, 6.45) is -8.38. The number of nitrogen functional groups attached to an aromatic ring is 1. The molecule has 0 spiro atoms. The molecule has 0 aliphatic rings. The van der Waals surface area contributed by atoms with Crippen LogP contribution in [0.4, 0.5) is 33.5 Å². The van der Waals surface area contributed by atoms with Crippen LogP contribution >= 0.6 is 0 Å². The summed E-state index contributed by atoms with van der Waals surface area (Å²) >= 11 is 0. The zero-order valence-corrected chi connectivity index (χ0v) is 7.83. The van der Waals surface area contributed by atoms with E-state index < -0.39 is 40.3 Å². The number of hydrogen-bond donors (Lipinski definition) is 1. The summed E-state index contributed by atoms with van der Waals surface area (Å²) in [6, 6.07) is -0.0716. The molecule has 0 unspecified atom stereocenters. The zero-order valence-electron chi connectivity index (χ0n) is 7.83. The van der Waals surface area contributed by atoms with Gasteiger partial charge >= 0.3 is 6.18 Å².